The Bertz CT molecular complexity index is 218. The van der Waals surface area contributed by atoms with Gasteiger partial charge in [-0.05, 0) is 31.8 Å². The van der Waals surface area contributed by atoms with Crippen LogP contribution in [0.4, 0.5) is 0 Å². The molecule has 0 aromatic heterocycles. The maximum Gasteiger partial charge on any atom is 0.163 e. The lowest BCUT2D eigenvalue weighted by Gasteiger charge is -2.23. The molecule has 17 heavy (non-hydrogen) atoms. The van der Waals surface area contributed by atoms with Gasteiger partial charge in [0.25, 0.3) is 0 Å². The predicted molar refractivity (Wildman–Crippen MR) is 75.6 cm³/mol. The summed E-state index contributed by atoms with van der Waals surface area (Å²) < 4.78 is 11.6. The number of hydrogen-bond acceptors (Lipinski definition) is 5. The number of thioether (sulfide) groups is 2. The van der Waals surface area contributed by atoms with Gasteiger partial charge in [0, 0.05) is 0 Å². The fourth-order valence-corrected chi connectivity index (χ4v) is 4.42. The molecule has 1 aliphatic rings. The molecule has 1 aliphatic heterocycles. The molecule has 3 nitrogen and oxygen atoms in total. The van der Waals surface area contributed by atoms with Crippen molar-refractivity contribution in [2.24, 2.45) is 0 Å². The van der Waals surface area contributed by atoms with Gasteiger partial charge in [-0.2, -0.15) is 0 Å². The van der Waals surface area contributed by atoms with Crippen molar-refractivity contribution >= 4 is 23.5 Å². The molecule has 0 aliphatic carbocycles. The lowest BCUT2D eigenvalue weighted by molar-refractivity contribution is -0.151. The van der Waals surface area contributed by atoms with Crippen molar-refractivity contribution in [2.75, 3.05) is 18.1 Å². The highest BCUT2D eigenvalue weighted by Crippen LogP contribution is 2.31. The van der Waals surface area contributed by atoms with Crippen LogP contribution in [0.25, 0.3) is 0 Å². The molecule has 0 aromatic carbocycles. The van der Waals surface area contributed by atoms with Crippen LogP contribution in [0.15, 0.2) is 0 Å². The van der Waals surface area contributed by atoms with Gasteiger partial charge in [-0.1, -0.05) is 13.8 Å². The number of ether oxygens (including phenoxy) is 2. The Morgan fingerprint density at radius 3 is 2.29 bits per heavy atom. The van der Waals surface area contributed by atoms with Crippen LogP contribution in [0, 0.1) is 0 Å². The molecule has 1 heterocycles. The Balaban J connectivity index is 2.38. The molecule has 1 saturated heterocycles. The van der Waals surface area contributed by atoms with E-state index in [4.69, 9.17) is 9.47 Å². The summed E-state index contributed by atoms with van der Waals surface area (Å²) in [5.41, 5.74) is 0. The first-order chi connectivity index (χ1) is 7.98. The normalized spacial score (nSPS) is 25.4. The highest BCUT2D eigenvalue weighted by molar-refractivity contribution is 8.16. The van der Waals surface area contributed by atoms with Crippen molar-refractivity contribution in [1.29, 1.82) is 0 Å². The van der Waals surface area contributed by atoms with E-state index in [1.807, 2.05) is 37.4 Å². The van der Waals surface area contributed by atoms with Crippen LogP contribution in [0.1, 0.15) is 34.1 Å². The van der Waals surface area contributed by atoms with Gasteiger partial charge in [0.1, 0.15) is 6.10 Å². The lowest BCUT2D eigenvalue weighted by Crippen LogP contribution is -2.32. The molecule has 1 fully saturated rings. The molecule has 0 bridgehead atoms. The quantitative estimate of drug-likeness (QED) is 0.726. The van der Waals surface area contributed by atoms with Crippen LogP contribution in [-0.2, 0) is 9.47 Å². The SMILES string of the molecule is CCSC(C[C@H](O)[C@@H]1COC(C)(C)O1)SCC. The van der Waals surface area contributed by atoms with E-state index >= 15 is 0 Å². The maximum atomic E-state index is 10.2. The third-order valence-electron chi connectivity index (χ3n) is 2.60. The summed E-state index contributed by atoms with van der Waals surface area (Å²) in [5.74, 6) is 1.62. The zero-order chi connectivity index (χ0) is 12.9. The number of aliphatic hydroxyl groups excluding tert-OH is 1. The van der Waals surface area contributed by atoms with Crippen molar-refractivity contribution < 1.29 is 14.6 Å². The van der Waals surface area contributed by atoms with Gasteiger partial charge in [-0.3, -0.25) is 0 Å². The fourth-order valence-electron chi connectivity index (χ4n) is 1.81. The number of aliphatic hydroxyl groups is 1. The standard InChI is InChI=1S/C12H24O3S2/c1-5-16-11(17-6-2)7-9(13)10-8-14-12(3,4)15-10/h9-11,13H,5-8H2,1-4H3/t9-,10-/m0/s1. The molecular weight excluding hydrogens is 256 g/mol. The minimum atomic E-state index is -0.545. The number of rotatable bonds is 7. The third-order valence-corrected chi connectivity index (χ3v) is 5.21. The van der Waals surface area contributed by atoms with Gasteiger partial charge in [0.15, 0.2) is 5.79 Å². The van der Waals surface area contributed by atoms with Crippen LogP contribution < -0.4 is 0 Å². The average Bonchev–Trinajstić information content (AvgIpc) is 2.59. The van der Waals surface area contributed by atoms with Crippen molar-refractivity contribution in [3.8, 4) is 0 Å². The molecule has 102 valence electrons. The summed E-state index contributed by atoms with van der Waals surface area (Å²) in [6.45, 7) is 8.57. The Hall–Kier alpha value is 0.580. The van der Waals surface area contributed by atoms with E-state index in [1.54, 1.807) is 0 Å². The van der Waals surface area contributed by atoms with Gasteiger partial charge < -0.3 is 14.6 Å². The summed E-state index contributed by atoms with van der Waals surface area (Å²) >= 11 is 3.79. The molecule has 1 N–H and O–H groups in total. The second-order valence-corrected chi connectivity index (χ2v) is 7.77. The molecule has 0 saturated carbocycles. The van der Waals surface area contributed by atoms with E-state index in [0.717, 1.165) is 17.9 Å². The van der Waals surface area contributed by atoms with Crippen molar-refractivity contribution in [1.82, 2.24) is 0 Å². The summed E-state index contributed by atoms with van der Waals surface area (Å²) in [6, 6.07) is 0. The van der Waals surface area contributed by atoms with Crippen molar-refractivity contribution in [3.63, 3.8) is 0 Å². The van der Waals surface area contributed by atoms with Gasteiger partial charge in [-0.15, -0.1) is 23.5 Å². The first-order valence-corrected chi connectivity index (χ1v) is 8.31. The molecule has 0 spiro atoms. The van der Waals surface area contributed by atoms with Crippen molar-refractivity contribution in [2.45, 2.75) is 56.7 Å². The van der Waals surface area contributed by atoms with E-state index < -0.39 is 11.9 Å². The van der Waals surface area contributed by atoms with Crippen LogP contribution in [0.5, 0.6) is 0 Å². The maximum absolute atomic E-state index is 10.2. The highest BCUT2D eigenvalue weighted by Gasteiger charge is 2.37. The van der Waals surface area contributed by atoms with Crippen LogP contribution in [-0.4, -0.2) is 45.8 Å². The van der Waals surface area contributed by atoms with Gasteiger partial charge >= 0.3 is 0 Å². The Labute approximate surface area is 113 Å². The van der Waals surface area contributed by atoms with Crippen molar-refractivity contribution in [3.05, 3.63) is 0 Å². The summed E-state index contributed by atoms with van der Waals surface area (Å²) in [4.78, 5) is 0. The molecular formula is C12H24O3S2. The van der Waals surface area contributed by atoms with Crippen LogP contribution >= 0.6 is 23.5 Å². The molecule has 1 rings (SSSR count). The van der Waals surface area contributed by atoms with E-state index in [1.165, 1.54) is 0 Å². The van der Waals surface area contributed by atoms with Gasteiger partial charge in [0.05, 0.1) is 17.3 Å². The molecule has 0 unspecified atom stereocenters. The second kappa shape index (κ2) is 7.24. The Morgan fingerprint density at radius 2 is 1.88 bits per heavy atom. The smallest absolute Gasteiger partial charge is 0.163 e. The highest BCUT2D eigenvalue weighted by atomic mass is 32.2. The first-order valence-electron chi connectivity index (χ1n) is 6.21. The number of hydrogen-bond donors (Lipinski definition) is 1. The van der Waals surface area contributed by atoms with Gasteiger partial charge in [-0.25, -0.2) is 0 Å². The van der Waals surface area contributed by atoms with Gasteiger partial charge in [0.2, 0.25) is 0 Å². The summed E-state index contributed by atoms with van der Waals surface area (Å²) in [5, 5.41) is 10.2. The zero-order valence-electron chi connectivity index (χ0n) is 11.1. The minimum absolute atomic E-state index is 0.178. The van der Waals surface area contributed by atoms with Crippen LogP contribution in [0.3, 0.4) is 0 Å². The van der Waals surface area contributed by atoms with E-state index in [2.05, 4.69) is 13.8 Å². The average molecular weight is 280 g/mol. The van der Waals surface area contributed by atoms with E-state index in [-0.39, 0.29) is 6.10 Å². The van der Waals surface area contributed by atoms with E-state index in [0.29, 0.717) is 11.2 Å². The Kier molecular flexibility index (Phi) is 6.66. The lowest BCUT2D eigenvalue weighted by atomic mass is 10.2. The third kappa shape index (κ3) is 5.39. The minimum Gasteiger partial charge on any atom is -0.390 e. The monoisotopic (exact) mass is 280 g/mol. The van der Waals surface area contributed by atoms with Crippen LogP contribution in [0.2, 0.25) is 0 Å². The Morgan fingerprint density at radius 1 is 1.29 bits per heavy atom. The molecule has 0 aromatic rings. The second-order valence-electron chi connectivity index (χ2n) is 4.51. The molecule has 2 atom stereocenters. The predicted octanol–water partition coefficient (Wildman–Crippen LogP) is 2.72. The zero-order valence-corrected chi connectivity index (χ0v) is 12.8. The summed E-state index contributed by atoms with van der Waals surface area (Å²) in [7, 11) is 0. The molecule has 0 amide bonds. The summed E-state index contributed by atoms with van der Waals surface area (Å²) in [6.07, 6.45) is 0.156. The largest absolute Gasteiger partial charge is 0.390 e. The topological polar surface area (TPSA) is 38.7 Å². The molecule has 0 radical (unpaired) electrons. The first kappa shape index (κ1) is 15.6. The fraction of sp³-hybridized carbons (Fsp3) is 1.00. The van der Waals surface area contributed by atoms with E-state index in [9.17, 15) is 5.11 Å². The molecule has 5 heteroatoms.